The molecule has 0 heterocycles. The van der Waals surface area contributed by atoms with Crippen LogP contribution in [0.4, 0.5) is 5.69 Å². The van der Waals surface area contributed by atoms with Crippen molar-refractivity contribution in [1.82, 2.24) is 0 Å². The molecule has 118 valence electrons. The van der Waals surface area contributed by atoms with Crippen LogP contribution < -0.4 is 14.8 Å². The van der Waals surface area contributed by atoms with Crippen molar-refractivity contribution in [2.75, 3.05) is 19.0 Å². The number of aryl methyl sites for hydroxylation is 1. The maximum Gasteiger partial charge on any atom is 0.174 e. The average molecular weight is 411 g/mol. The molecule has 0 radical (unpaired) electrons. The summed E-state index contributed by atoms with van der Waals surface area (Å²) in [6.45, 7) is 7.63. The summed E-state index contributed by atoms with van der Waals surface area (Å²) >= 11 is 2.28. The normalized spacial score (nSPS) is 10.4. The van der Waals surface area contributed by atoms with E-state index in [-0.39, 0.29) is 0 Å². The number of hydrogen-bond donors (Lipinski definition) is 1. The molecule has 1 N–H and O–H groups in total. The second kappa shape index (κ2) is 7.72. The molecule has 0 fully saturated rings. The van der Waals surface area contributed by atoms with Gasteiger partial charge in [0.25, 0.3) is 0 Å². The van der Waals surface area contributed by atoms with Gasteiger partial charge in [-0.05, 0) is 78.3 Å². The fraction of sp³-hybridized carbons (Fsp3) is 0.333. The van der Waals surface area contributed by atoms with Crippen molar-refractivity contribution in [1.29, 1.82) is 0 Å². The van der Waals surface area contributed by atoms with Crippen molar-refractivity contribution in [2.45, 2.75) is 27.3 Å². The Bertz CT molecular complexity index is 656. The van der Waals surface area contributed by atoms with E-state index in [1.165, 1.54) is 22.4 Å². The topological polar surface area (TPSA) is 30.5 Å². The van der Waals surface area contributed by atoms with E-state index in [0.717, 1.165) is 21.6 Å². The zero-order chi connectivity index (χ0) is 16.1. The molecule has 0 unspecified atom stereocenters. The van der Waals surface area contributed by atoms with Crippen LogP contribution in [0.15, 0.2) is 30.3 Å². The van der Waals surface area contributed by atoms with Crippen LogP contribution in [-0.4, -0.2) is 13.7 Å². The van der Waals surface area contributed by atoms with E-state index >= 15 is 0 Å². The van der Waals surface area contributed by atoms with Gasteiger partial charge in [-0.3, -0.25) is 0 Å². The van der Waals surface area contributed by atoms with Crippen LogP contribution >= 0.6 is 22.6 Å². The van der Waals surface area contributed by atoms with E-state index in [1.807, 2.05) is 13.0 Å². The molecule has 2 rings (SSSR count). The largest absolute Gasteiger partial charge is 0.492 e. The number of ether oxygens (including phenoxy) is 2. The monoisotopic (exact) mass is 411 g/mol. The number of benzene rings is 2. The van der Waals surface area contributed by atoms with Crippen LogP contribution in [0.2, 0.25) is 0 Å². The number of anilines is 1. The Balaban J connectivity index is 2.21. The fourth-order valence-corrected chi connectivity index (χ4v) is 3.21. The van der Waals surface area contributed by atoms with Crippen LogP contribution in [0.5, 0.6) is 11.5 Å². The van der Waals surface area contributed by atoms with Crippen LogP contribution in [0.1, 0.15) is 23.6 Å². The third-order valence-electron chi connectivity index (χ3n) is 3.66. The molecule has 22 heavy (non-hydrogen) atoms. The van der Waals surface area contributed by atoms with Crippen molar-refractivity contribution < 1.29 is 9.47 Å². The van der Waals surface area contributed by atoms with Gasteiger partial charge >= 0.3 is 0 Å². The summed E-state index contributed by atoms with van der Waals surface area (Å²) in [4.78, 5) is 0. The van der Waals surface area contributed by atoms with E-state index in [0.29, 0.717) is 6.61 Å². The summed E-state index contributed by atoms with van der Waals surface area (Å²) in [6, 6.07) is 10.5. The van der Waals surface area contributed by atoms with Gasteiger partial charge in [-0.1, -0.05) is 12.1 Å². The number of rotatable bonds is 6. The molecule has 0 aliphatic rings. The maximum absolute atomic E-state index is 5.69. The summed E-state index contributed by atoms with van der Waals surface area (Å²) in [5.41, 5.74) is 4.93. The zero-order valence-corrected chi connectivity index (χ0v) is 15.7. The third-order valence-corrected chi connectivity index (χ3v) is 4.46. The van der Waals surface area contributed by atoms with Gasteiger partial charge in [-0.15, -0.1) is 0 Å². The molecule has 0 saturated carbocycles. The first-order valence-corrected chi connectivity index (χ1v) is 8.44. The van der Waals surface area contributed by atoms with Crippen molar-refractivity contribution in [2.24, 2.45) is 0 Å². The molecule has 2 aromatic rings. The Morgan fingerprint density at radius 2 is 1.95 bits per heavy atom. The summed E-state index contributed by atoms with van der Waals surface area (Å²) in [5, 5.41) is 3.50. The van der Waals surface area contributed by atoms with Gasteiger partial charge in [-0.2, -0.15) is 0 Å². The summed E-state index contributed by atoms with van der Waals surface area (Å²) in [6.07, 6.45) is 0. The molecule has 4 heteroatoms. The highest BCUT2D eigenvalue weighted by Crippen LogP contribution is 2.34. The van der Waals surface area contributed by atoms with E-state index < -0.39 is 0 Å². The molecule has 0 saturated heterocycles. The van der Waals surface area contributed by atoms with Gasteiger partial charge in [0.1, 0.15) is 0 Å². The quantitative estimate of drug-likeness (QED) is 0.684. The van der Waals surface area contributed by atoms with Crippen LogP contribution in [-0.2, 0) is 6.54 Å². The molecule has 3 nitrogen and oxygen atoms in total. The Kier molecular flexibility index (Phi) is 5.94. The van der Waals surface area contributed by atoms with E-state index in [1.54, 1.807) is 7.11 Å². The fourth-order valence-electron chi connectivity index (χ4n) is 2.32. The molecule has 0 aromatic heterocycles. The highest BCUT2D eigenvalue weighted by Gasteiger charge is 2.11. The molecule has 0 bridgehead atoms. The Hall–Kier alpha value is -1.43. The Morgan fingerprint density at radius 3 is 2.64 bits per heavy atom. The number of halogens is 1. The lowest BCUT2D eigenvalue weighted by atomic mass is 10.1. The predicted molar refractivity (Wildman–Crippen MR) is 100 cm³/mol. The van der Waals surface area contributed by atoms with Crippen LogP contribution in [0, 0.1) is 17.4 Å². The van der Waals surface area contributed by atoms with Gasteiger partial charge in [0.05, 0.1) is 17.3 Å². The van der Waals surface area contributed by atoms with Gasteiger partial charge < -0.3 is 14.8 Å². The second-order valence-corrected chi connectivity index (χ2v) is 6.31. The second-order valence-electron chi connectivity index (χ2n) is 5.14. The molecule has 0 spiro atoms. The number of methoxy groups -OCH3 is 1. The summed E-state index contributed by atoms with van der Waals surface area (Å²) in [7, 11) is 1.67. The lowest BCUT2D eigenvalue weighted by Crippen LogP contribution is -2.04. The van der Waals surface area contributed by atoms with Crippen molar-refractivity contribution >= 4 is 28.3 Å². The first-order chi connectivity index (χ1) is 10.6. The van der Waals surface area contributed by atoms with E-state index in [2.05, 4.69) is 66.0 Å². The number of hydrogen-bond acceptors (Lipinski definition) is 3. The average Bonchev–Trinajstić information content (AvgIpc) is 2.49. The molecule has 0 amide bonds. The first kappa shape index (κ1) is 16.9. The Morgan fingerprint density at radius 1 is 1.18 bits per heavy atom. The van der Waals surface area contributed by atoms with Crippen molar-refractivity contribution in [3.05, 3.63) is 50.6 Å². The predicted octanol–water partition coefficient (Wildman–Crippen LogP) is 4.93. The van der Waals surface area contributed by atoms with Crippen LogP contribution in [0.25, 0.3) is 0 Å². The van der Waals surface area contributed by atoms with Gasteiger partial charge in [0.15, 0.2) is 11.5 Å². The minimum atomic E-state index is 0.625. The SMILES string of the molecule is CCOc1cc(CNc2cccc(C)c2C)cc(I)c1OC. The maximum atomic E-state index is 5.69. The minimum absolute atomic E-state index is 0.625. The summed E-state index contributed by atoms with van der Waals surface area (Å²) < 4.78 is 12.2. The van der Waals surface area contributed by atoms with Gasteiger partial charge in [0.2, 0.25) is 0 Å². The van der Waals surface area contributed by atoms with E-state index in [9.17, 15) is 0 Å². The van der Waals surface area contributed by atoms with Crippen molar-refractivity contribution in [3.8, 4) is 11.5 Å². The molecular formula is C18H22INO2. The Labute approximate surface area is 146 Å². The van der Waals surface area contributed by atoms with E-state index in [4.69, 9.17) is 9.47 Å². The first-order valence-electron chi connectivity index (χ1n) is 7.36. The minimum Gasteiger partial charge on any atom is -0.492 e. The molecule has 0 aliphatic heterocycles. The third kappa shape index (κ3) is 3.85. The molecular weight excluding hydrogens is 389 g/mol. The molecule has 0 aliphatic carbocycles. The highest BCUT2D eigenvalue weighted by atomic mass is 127. The van der Waals surface area contributed by atoms with Crippen molar-refractivity contribution in [3.63, 3.8) is 0 Å². The smallest absolute Gasteiger partial charge is 0.174 e. The summed E-state index contributed by atoms with van der Waals surface area (Å²) in [5.74, 6) is 1.60. The van der Waals surface area contributed by atoms with Gasteiger partial charge in [0, 0.05) is 12.2 Å². The zero-order valence-electron chi connectivity index (χ0n) is 13.5. The number of nitrogens with one attached hydrogen (secondary N) is 1. The lowest BCUT2D eigenvalue weighted by Gasteiger charge is -2.15. The highest BCUT2D eigenvalue weighted by molar-refractivity contribution is 14.1. The molecule has 2 aromatic carbocycles. The van der Waals surface area contributed by atoms with Crippen LogP contribution in [0.3, 0.4) is 0 Å². The lowest BCUT2D eigenvalue weighted by molar-refractivity contribution is 0.309. The standard InChI is InChI=1S/C18H22INO2/c1-5-22-17-10-14(9-15(19)18(17)21-4)11-20-16-8-6-7-12(2)13(16)3/h6-10,20H,5,11H2,1-4H3. The molecule has 0 atom stereocenters. The van der Waals surface area contributed by atoms with Gasteiger partial charge in [-0.25, -0.2) is 0 Å².